The van der Waals surface area contributed by atoms with E-state index in [1.165, 1.54) is 11.1 Å². The lowest BCUT2D eigenvalue weighted by Gasteiger charge is -2.21. The molecule has 0 aromatic heterocycles. The summed E-state index contributed by atoms with van der Waals surface area (Å²) >= 11 is 17.7. The van der Waals surface area contributed by atoms with Crippen LogP contribution < -0.4 is 10.6 Å². The third-order valence-corrected chi connectivity index (χ3v) is 4.56. The number of halogens is 2. The van der Waals surface area contributed by atoms with Crippen LogP contribution in [0.2, 0.25) is 10.0 Å². The quantitative estimate of drug-likeness (QED) is 0.555. The Labute approximate surface area is 159 Å². The molecule has 0 spiro atoms. The molecule has 0 fully saturated rings. The average molecular weight is 381 g/mol. The van der Waals surface area contributed by atoms with Crippen LogP contribution in [0.4, 0.5) is 11.4 Å². The van der Waals surface area contributed by atoms with Crippen molar-refractivity contribution in [3.63, 3.8) is 0 Å². The molecule has 0 saturated carbocycles. The average Bonchev–Trinajstić information content (AvgIpc) is 2.50. The molecule has 2 N–H and O–H groups in total. The van der Waals surface area contributed by atoms with E-state index >= 15 is 0 Å². The molecular weight excluding hydrogens is 359 g/mol. The van der Waals surface area contributed by atoms with Crippen molar-refractivity contribution in [3.8, 4) is 0 Å². The molecule has 0 unspecified atom stereocenters. The summed E-state index contributed by atoms with van der Waals surface area (Å²) < 4.78 is 0. The number of anilines is 2. The van der Waals surface area contributed by atoms with E-state index in [1.54, 1.807) is 18.2 Å². The number of benzene rings is 2. The summed E-state index contributed by atoms with van der Waals surface area (Å²) in [6.45, 7) is 8.70. The monoisotopic (exact) mass is 380 g/mol. The maximum Gasteiger partial charge on any atom is 0.175 e. The lowest BCUT2D eigenvalue weighted by molar-refractivity contribution is 0.839. The first-order chi connectivity index (χ1) is 11.3. The number of nitrogens with one attached hydrogen (secondary N) is 2. The van der Waals surface area contributed by atoms with E-state index < -0.39 is 0 Å². The van der Waals surface area contributed by atoms with Gasteiger partial charge in [0.25, 0.3) is 0 Å². The van der Waals surface area contributed by atoms with Crippen molar-refractivity contribution in [3.05, 3.63) is 57.6 Å². The summed E-state index contributed by atoms with van der Waals surface area (Å²) in [6, 6.07) is 11.6. The SMILES string of the molecule is CC(C)c1cccc(C(C)C)c1NC(=S)Nc1cc(Cl)ccc1Cl. The predicted octanol–water partition coefficient (Wildman–Crippen LogP) is 7.05. The molecule has 0 heterocycles. The standard InChI is InChI=1S/C19H22Cl2N2S/c1-11(2)14-6-5-7-15(12(3)4)18(14)23-19(24)22-17-10-13(20)8-9-16(17)21/h5-12H,1-4H3,(H2,22,23,24). The summed E-state index contributed by atoms with van der Waals surface area (Å²) in [5.74, 6) is 0.785. The summed E-state index contributed by atoms with van der Waals surface area (Å²) in [4.78, 5) is 0. The second kappa shape index (κ2) is 8.19. The van der Waals surface area contributed by atoms with Crippen LogP contribution in [-0.2, 0) is 0 Å². The molecule has 0 aliphatic carbocycles. The van der Waals surface area contributed by atoms with Crippen molar-refractivity contribution in [2.45, 2.75) is 39.5 Å². The first-order valence-corrected chi connectivity index (χ1v) is 9.12. The van der Waals surface area contributed by atoms with E-state index in [0.29, 0.717) is 32.7 Å². The van der Waals surface area contributed by atoms with Gasteiger partial charge in [-0.25, -0.2) is 0 Å². The molecule has 2 aromatic carbocycles. The van der Waals surface area contributed by atoms with Gasteiger partial charge in [0.1, 0.15) is 0 Å². The Morgan fingerprint density at radius 2 is 1.50 bits per heavy atom. The van der Waals surface area contributed by atoms with Crippen LogP contribution in [-0.4, -0.2) is 5.11 Å². The van der Waals surface area contributed by atoms with Gasteiger partial charge in [0.05, 0.1) is 10.7 Å². The van der Waals surface area contributed by atoms with E-state index in [-0.39, 0.29) is 0 Å². The highest BCUT2D eigenvalue weighted by atomic mass is 35.5. The highest BCUT2D eigenvalue weighted by molar-refractivity contribution is 7.80. The van der Waals surface area contributed by atoms with Crippen LogP contribution in [0.1, 0.15) is 50.7 Å². The fourth-order valence-corrected chi connectivity index (χ4v) is 3.10. The number of hydrogen-bond acceptors (Lipinski definition) is 1. The molecule has 0 aliphatic heterocycles. The Balaban J connectivity index is 2.29. The Bertz CT molecular complexity index is 716. The third kappa shape index (κ3) is 4.62. The Hall–Kier alpha value is -1.29. The minimum Gasteiger partial charge on any atom is -0.332 e. The van der Waals surface area contributed by atoms with Crippen LogP contribution in [0.3, 0.4) is 0 Å². The Kier molecular flexibility index (Phi) is 6.50. The van der Waals surface area contributed by atoms with Gasteiger partial charge in [-0.2, -0.15) is 0 Å². The number of para-hydroxylation sites is 1. The van der Waals surface area contributed by atoms with Gasteiger partial charge in [-0.1, -0.05) is 69.1 Å². The maximum absolute atomic E-state index is 6.20. The van der Waals surface area contributed by atoms with Gasteiger partial charge in [-0.05, 0) is 53.4 Å². The largest absolute Gasteiger partial charge is 0.332 e. The lowest BCUT2D eigenvalue weighted by Crippen LogP contribution is -2.21. The Morgan fingerprint density at radius 3 is 2.04 bits per heavy atom. The van der Waals surface area contributed by atoms with Gasteiger partial charge < -0.3 is 10.6 Å². The lowest BCUT2D eigenvalue weighted by atomic mass is 9.93. The van der Waals surface area contributed by atoms with E-state index in [9.17, 15) is 0 Å². The fraction of sp³-hybridized carbons (Fsp3) is 0.316. The fourth-order valence-electron chi connectivity index (χ4n) is 2.56. The van der Waals surface area contributed by atoms with E-state index in [2.05, 4.69) is 56.5 Å². The number of rotatable bonds is 4. The summed E-state index contributed by atoms with van der Waals surface area (Å²) in [6.07, 6.45) is 0. The van der Waals surface area contributed by atoms with Crippen molar-refractivity contribution in [1.82, 2.24) is 0 Å². The first kappa shape index (κ1) is 19.0. The molecular formula is C19H22Cl2N2S. The van der Waals surface area contributed by atoms with E-state index in [4.69, 9.17) is 35.4 Å². The van der Waals surface area contributed by atoms with E-state index in [0.717, 1.165) is 5.69 Å². The zero-order valence-corrected chi connectivity index (χ0v) is 16.6. The predicted molar refractivity (Wildman–Crippen MR) is 111 cm³/mol. The zero-order valence-electron chi connectivity index (χ0n) is 14.3. The van der Waals surface area contributed by atoms with Gasteiger partial charge >= 0.3 is 0 Å². The van der Waals surface area contributed by atoms with Gasteiger partial charge in [0.2, 0.25) is 0 Å². The molecule has 0 bridgehead atoms. The summed E-state index contributed by atoms with van der Waals surface area (Å²) in [5.41, 5.74) is 4.23. The molecule has 128 valence electrons. The normalized spacial score (nSPS) is 11.0. The van der Waals surface area contributed by atoms with Crippen LogP contribution in [0.15, 0.2) is 36.4 Å². The van der Waals surface area contributed by atoms with Crippen molar-refractivity contribution < 1.29 is 0 Å². The molecule has 2 aromatic rings. The topological polar surface area (TPSA) is 24.1 Å². The van der Waals surface area contributed by atoms with Crippen LogP contribution in [0.25, 0.3) is 0 Å². The molecule has 0 aliphatic rings. The van der Waals surface area contributed by atoms with Crippen molar-refractivity contribution in [2.24, 2.45) is 0 Å². The smallest absolute Gasteiger partial charge is 0.175 e. The molecule has 0 radical (unpaired) electrons. The Morgan fingerprint density at radius 1 is 0.917 bits per heavy atom. The number of hydrogen-bond donors (Lipinski definition) is 2. The van der Waals surface area contributed by atoms with Crippen LogP contribution in [0.5, 0.6) is 0 Å². The van der Waals surface area contributed by atoms with E-state index in [1.807, 2.05) is 0 Å². The van der Waals surface area contributed by atoms with Crippen molar-refractivity contribution in [2.75, 3.05) is 10.6 Å². The minimum atomic E-state index is 0.392. The van der Waals surface area contributed by atoms with Crippen LogP contribution >= 0.6 is 35.4 Å². The second-order valence-electron chi connectivity index (χ2n) is 6.32. The molecule has 5 heteroatoms. The molecule has 0 amide bonds. The molecule has 0 atom stereocenters. The van der Waals surface area contributed by atoms with Gasteiger partial charge in [0.15, 0.2) is 5.11 Å². The highest BCUT2D eigenvalue weighted by Crippen LogP contribution is 2.33. The molecule has 2 rings (SSSR count). The third-order valence-electron chi connectivity index (χ3n) is 3.79. The van der Waals surface area contributed by atoms with Crippen molar-refractivity contribution >= 4 is 51.9 Å². The number of thiocarbonyl (C=S) groups is 1. The maximum atomic E-state index is 6.20. The summed E-state index contributed by atoms with van der Waals surface area (Å²) in [7, 11) is 0. The molecule has 24 heavy (non-hydrogen) atoms. The molecule has 0 saturated heterocycles. The van der Waals surface area contributed by atoms with Gasteiger partial charge in [0, 0.05) is 10.7 Å². The van der Waals surface area contributed by atoms with Crippen molar-refractivity contribution in [1.29, 1.82) is 0 Å². The van der Waals surface area contributed by atoms with Gasteiger partial charge in [-0.3, -0.25) is 0 Å². The van der Waals surface area contributed by atoms with Crippen LogP contribution in [0, 0.1) is 0 Å². The molecule has 2 nitrogen and oxygen atoms in total. The summed E-state index contributed by atoms with van der Waals surface area (Å²) in [5, 5.41) is 8.17. The second-order valence-corrected chi connectivity index (χ2v) is 7.58. The first-order valence-electron chi connectivity index (χ1n) is 7.95. The van der Waals surface area contributed by atoms with Gasteiger partial charge in [-0.15, -0.1) is 0 Å². The minimum absolute atomic E-state index is 0.392. The zero-order chi connectivity index (χ0) is 17.9. The highest BCUT2D eigenvalue weighted by Gasteiger charge is 2.15.